The van der Waals surface area contributed by atoms with Crippen LogP contribution in [-0.2, 0) is 0 Å². The molecule has 1 aromatic rings. The second-order valence-corrected chi connectivity index (χ2v) is 4.03. The van der Waals surface area contributed by atoms with Crippen molar-refractivity contribution in [2.75, 3.05) is 0 Å². The van der Waals surface area contributed by atoms with Crippen molar-refractivity contribution in [3.8, 4) is 0 Å². The van der Waals surface area contributed by atoms with Gasteiger partial charge in [-0.25, -0.2) is 0 Å². The highest BCUT2D eigenvalue weighted by atomic mass is 32.1. The Morgan fingerprint density at radius 3 is 2.55 bits per heavy atom. The zero-order valence-corrected chi connectivity index (χ0v) is 7.56. The topological polar surface area (TPSA) is 46.2 Å². The van der Waals surface area contributed by atoms with E-state index in [-0.39, 0.29) is 6.04 Å². The Morgan fingerprint density at radius 1 is 1.55 bits per heavy atom. The van der Waals surface area contributed by atoms with Gasteiger partial charge in [-0.15, -0.1) is 11.3 Å². The molecule has 3 heteroatoms. The maximum Gasteiger partial charge on any atom is 0.0712 e. The average molecular weight is 171 g/mol. The van der Waals surface area contributed by atoms with Crippen molar-refractivity contribution in [3.63, 3.8) is 0 Å². The summed E-state index contributed by atoms with van der Waals surface area (Å²) in [6, 6.07) is 3.76. The monoisotopic (exact) mass is 171 g/mol. The second kappa shape index (κ2) is 3.34. The summed E-state index contributed by atoms with van der Waals surface area (Å²) < 4.78 is 0. The van der Waals surface area contributed by atoms with Gasteiger partial charge in [0, 0.05) is 9.75 Å². The van der Waals surface area contributed by atoms with E-state index in [9.17, 15) is 0 Å². The zero-order valence-electron chi connectivity index (χ0n) is 6.74. The number of rotatable bonds is 2. The van der Waals surface area contributed by atoms with Crippen molar-refractivity contribution < 1.29 is 5.11 Å². The van der Waals surface area contributed by atoms with E-state index < -0.39 is 6.10 Å². The summed E-state index contributed by atoms with van der Waals surface area (Å²) in [5.74, 6) is 0. The van der Waals surface area contributed by atoms with Crippen molar-refractivity contribution >= 4 is 11.3 Å². The molecule has 0 amide bonds. The predicted molar refractivity (Wildman–Crippen MR) is 47.7 cm³/mol. The maximum atomic E-state index is 9.17. The molecule has 0 saturated heterocycles. The third kappa shape index (κ3) is 2.02. The van der Waals surface area contributed by atoms with Crippen LogP contribution in [0.25, 0.3) is 0 Å². The van der Waals surface area contributed by atoms with Gasteiger partial charge in [0.15, 0.2) is 0 Å². The highest BCUT2D eigenvalue weighted by molar-refractivity contribution is 7.12. The third-order valence-electron chi connectivity index (χ3n) is 1.61. The first kappa shape index (κ1) is 8.71. The first-order valence-corrected chi connectivity index (χ1v) is 4.43. The van der Waals surface area contributed by atoms with Gasteiger partial charge >= 0.3 is 0 Å². The van der Waals surface area contributed by atoms with Gasteiger partial charge in [-0.1, -0.05) is 0 Å². The smallest absolute Gasteiger partial charge is 0.0712 e. The molecule has 1 aromatic heterocycles. The fraction of sp³-hybridized carbons (Fsp3) is 0.500. The molecule has 2 nitrogen and oxygen atoms in total. The van der Waals surface area contributed by atoms with E-state index in [0.717, 1.165) is 4.88 Å². The van der Waals surface area contributed by atoms with Crippen LogP contribution in [0, 0.1) is 6.92 Å². The summed E-state index contributed by atoms with van der Waals surface area (Å²) in [6.07, 6.45) is -0.465. The molecule has 0 aliphatic heterocycles. The molecule has 0 spiro atoms. The van der Waals surface area contributed by atoms with E-state index in [4.69, 9.17) is 10.8 Å². The van der Waals surface area contributed by atoms with Gasteiger partial charge in [0.2, 0.25) is 0 Å². The lowest BCUT2D eigenvalue weighted by Gasteiger charge is -2.11. The first-order valence-electron chi connectivity index (χ1n) is 3.61. The molecule has 0 aliphatic rings. The van der Waals surface area contributed by atoms with Crippen LogP contribution >= 0.6 is 11.3 Å². The summed E-state index contributed by atoms with van der Waals surface area (Å²) in [7, 11) is 0. The van der Waals surface area contributed by atoms with Gasteiger partial charge in [-0.3, -0.25) is 0 Å². The molecule has 1 rings (SSSR count). The molecule has 0 unspecified atom stereocenters. The number of aliphatic hydroxyl groups is 1. The molecule has 11 heavy (non-hydrogen) atoms. The number of hydrogen-bond donors (Lipinski definition) is 2. The van der Waals surface area contributed by atoms with Crippen molar-refractivity contribution in [2.24, 2.45) is 5.73 Å². The van der Waals surface area contributed by atoms with Crippen molar-refractivity contribution in [1.82, 2.24) is 0 Å². The van der Waals surface area contributed by atoms with Crippen molar-refractivity contribution in [3.05, 3.63) is 21.9 Å². The molecule has 0 bridgehead atoms. The lowest BCUT2D eigenvalue weighted by molar-refractivity contribution is 0.165. The Hall–Kier alpha value is -0.380. The number of aryl methyl sites for hydroxylation is 1. The van der Waals surface area contributed by atoms with Crippen LogP contribution in [0.5, 0.6) is 0 Å². The van der Waals surface area contributed by atoms with E-state index in [0.29, 0.717) is 0 Å². The Morgan fingerprint density at radius 2 is 2.18 bits per heavy atom. The molecule has 0 aliphatic carbocycles. The van der Waals surface area contributed by atoms with Gasteiger partial charge < -0.3 is 10.8 Å². The minimum atomic E-state index is -0.465. The zero-order chi connectivity index (χ0) is 8.43. The molecule has 0 saturated carbocycles. The van der Waals surface area contributed by atoms with Gasteiger partial charge in [-0.2, -0.15) is 0 Å². The predicted octanol–water partition coefficient (Wildman–Crippen LogP) is 1.44. The van der Waals surface area contributed by atoms with Crippen LogP contribution in [0.15, 0.2) is 12.1 Å². The van der Waals surface area contributed by atoms with Crippen LogP contribution in [0.4, 0.5) is 0 Å². The molecule has 1 heterocycles. The summed E-state index contributed by atoms with van der Waals surface area (Å²) in [5.41, 5.74) is 5.71. The van der Waals surface area contributed by atoms with Gasteiger partial charge in [0.25, 0.3) is 0 Å². The van der Waals surface area contributed by atoms with Crippen LogP contribution in [0.3, 0.4) is 0 Å². The number of nitrogens with two attached hydrogens (primary N) is 1. The highest BCUT2D eigenvalue weighted by Gasteiger charge is 2.12. The highest BCUT2D eigenvalue weighted by Crippen LogP contribution is 2.22. The van der Waals surface area contributed by atoms with Crippen molar-refractivity contribution in [2.45, 2.75) is 26.0 Å². The standard InChI is InChI=1S/C8H13NOS/c1-5-3-4-7(11-5)8(9)6(2)10/h3-4,6,8,10H,9H2,1-2H3/t6-,8-/m0/s1. The normalized spacial score (nSPS) is 16.4. The Bertz CT molecular complexity index is 232. The van der Waals surface area contributed by atoms with Crippen molar-refractivity contribution in [1.29, 1.82) is 0 Å². The lowest BCUT2D eigenvalue weighted by Crippen LogP contribution is -2.21. The number of thiophene rings is 1. The molecular formula is C8H13NOS. The molecule has 62 valence electrons. The largest absolute Gasteiger partial charge is 0.391 e. The summed E-state index contributed by atoms with van der Waals surface area (Å²) in [6.45, 7) is 3.74. The molecule has 0 radical (unpaired) electrons. The third-order valence-corrected chi connectivity index (χ3v) is 2.71. The summed E-state index contributed by atoms with van der Waals surface area (Å²) >= 11 is 1.64. The van der Waals surface area contributed by atoms with Crippen LogP contribution in [0.1, 0.15) is 22.7 Å². The minimum Gasteiger partial charge on any atom is -0.391 e. The van der Waals surface area contributed by atoms with Gasteiger partial charge in [0.1, 0.15) is 0 Å². The fourth-order valence-electron chi connectivity index (χ4n) is 0.870. The first-order chi connectivity index (χ1) is 5.11. The lowest BCUT2D eigenvalue weighted by atomic mass is 10.1. The van der Waals surface area contributed by atoms with Gasteiger partial charge in [0.05, 0.1) is 12.1 Å². The van der Waals surface area contributed by atoms with E-state index in [1.807, 2.05) is 19.1 Å². The Balaban J connectivity index is 2.76. The summed E-state index contributed by atoms with van der Waals surface area (Å²) in [5, 5.41) is 9.17. The Labute approximate surface area is 70.7 Å². The fourth-order valence-corrected chi connectivity index (χ4v) is 1.85. The van der Waals surface area contributed by atoms with Crippen LogP contribution in [0.2, 0.25) is 0 Å². The maximum absolute atomic E-state index is 9.17. The molecule has 2 atom stereocenters. The summed E-state index contributed by atoms with van der Waals surface area (Å²) in [4.78, 5) is 2.29. The van der Waals surface area contributed by atoms with E-state index in [1.54, 1.807) is 18.3 Å². The quantitative estimate of drug-likeness (QED) is 0.707. The van der Waals surface area contributed by atoms with Gasteiger partial charge in [-0.05, 0) is 26.0 Å². The molecule has 0 fully saturated rings. The number of hydrogen-bond acceptors (Lipinski definition) is 3. The second-order valence-electron chi connectivity index (χ2n) is 2.71. The van der Waals surface area contributed by atoms with E-state index in [1.165, 1.54) is 4.88 Å². The molecule has 3 N–H and O–H groups in total. The van der Waals surface area contributed by atoms with E-state index >= 15 is 0 Å². The SMILES string of the molecule is Cc1ccc([C@@H](N)[C@H](C)O)s1. The van der Waals surface area contributed by atoms with Crippen LogP contribution in [-0.4, -0.2) is 11.2 Å². The minimum absolute atomic E-state index is 0.228. The molecular weight excluding hydrogens is 158 g/mol. The number of aliphatic hydroxyl groups excluding tert-OH is 1. The van der Waals surface area contributed by atoms with E-state index in [2.05, 4.69) is 0 Å². The van der Waals surface area contributed by atoms with Crippen LogP contribution < -0.4 is 5.73 Å². The Kier molecular flexibility index (Phi) is 2.65. The average Bonchev–Trinajstić information content (AvgIpc) is 2.34. The molecule has 0 aromatic carbocycles.